The third kappa shape index (κ3) is 5.49. The molecule has 0 bridgehead atoms. The van der Waals surface area contributed by atoms with Crippen molar-refractivity contribution >= 4 is 5.91 Å². The normalized spacial score (nSPS) is 21.1. The second-order valence-electron chi connectivity index (χ2n) is 5.44. The Morgan fingerprint density at radius 2 is 2.16 bits per heavy atom. The Labute approximate surface area is 117 Å². The summed E-state index contributed by atoms with van der Waals surface area (Å²) >= 11 is 0. The summed E-state index contributed by atoms with van der Waals surface area (Å²) in [5, 5.41) is 3.24. The minimum atomic E-state index is -0.283. The molecule has 0 radical (unpaired) electrons. The summed E-state index contributed by atoms with van der Waals surface area (Å²) in [7, 11) is 0. The first-order valence-electron chi connectivity index (χ1n) is 7.83. The molecule has 0 aromatic heterocycles. The summed E-state index contributed by atoms with van der Waals surface area (Å²) in [4.78, 5) is 14.6. The molecule has 1 N–H and O–H groups in total. The molecule has 112 valence electrons. The number of nitrogens with zero attached hydrogens (tertiary/aromatic N) is 1. The average molecular weight is 270 g/mol. The zero-order valence-electron chi connectivity index (χ0n) is 12.8. The van der Waals surface area contributed by atoms with Crippen LogP contribution in [0.5, 0.6) is 0 Å². The van der Waals surface area contributed by atoms with Crippen molar-refractivity contribution in [2.24, 2.45) is 0 Å². The summed E-state index contributed by atoms with van der Waals surface area (Å²) in [5.41, 5.74) is 0. The Kier molecular flexibility index (Phi) is 8.07. The van der Waals surface area contributed by atoms with Crippen molar-refractivity contribution in [3.63, 3.8) is 0 Å². The zero-order chi connectivity index (χ0) is 14.1. The van der Waals surface area contributed by atoms with Crippen LogP contribution in [0.15, 0.2) is 0 Å². The van der Waals surface area contributed by atoms with Crippen LogP contribution in [0.2, 0.25) is 0 Å². The van der Waals surface area contributed by atoms with Gasteiger partial charge >= 0.3 is 0 Å². The van der Waals surface area contributed by atoms with Gasteiger partial charge in [-0.05, 0) is 19.8 Å². The summed E-state index contributed by atoms with van der Waals surface area (Å²) in [6, 6.07) is 0.319. The van der Waals surface area contributed by atoms with E-state index < -0.39 is 0 Å². The van der Waals surface area contributed by atoms with Gasteiger partial charge in [0.1, 0.15) is 6.10 Å². The number of nitrogens with one attached hydrogen (secondary N) is 1. The second kappa shape index (κ2) is 9.32. The molecule has 0 saturated carbocycles. The van der Waals surface area contributed by atoms with Crippen LogP contribution >= 0.6 is 0 Å². The van der Waals surface area contributed by atoms with E-state index in [2.05, 4.69) is 26.1 Å². The largest absolute Gasteiger partial charge is 0.366 e. The first-order chi connectivity index (χ1) is 9.20. The average Bonchev–Trinajstić information content (AvgIpc) is 2.44. The Balaban J connectivity index is 2.56. The van der Waals surface area contributed by atoms with Gasteiger partial charge in [0.05, 0.1) is 6.61 Å². The van der Waals surface area contributed by atoms with Gasteiger partial charge in [-0.3, -0.25) is 4.79 Å². The van der Waals surface area contributed by atoms with Gasteiger partial charge in [0.25, 0.3) is 5.91 Å². The van der Waals surface area contributed by atoms with Crippen LogP contribution in [0.4, 0.5) is 0 Å². The van der Waals surface area contributed by atoms with E-state index in [-0.39, 0.29) is 12.0 Å². The number of hydrogen-bond acceptors (Lipinski definition) is 3. The van der Waals surface area contributed by atoms with Crippen LogP contribution in [0.3, 0.4) is 0 Å². The van der Waals surface area contributed by atoms with E-state index in [0.29, 0.717) is 19.2 Å². The van der Waals surface area contributed by atoms with Crippen LogP contribution in [-0.2, 0) is 9.53 Å². The van der Waals surface area contributed by atoms with Crippen LogP contribution in [0.1, 0.15) is 52.9 Å². The molecule has 0 aromatic rings. The van der Waals surface area contributed by atoms with Gasteiger partial charge in [0, 0.05) is 25.7 Å². The van der Waals surface area contributed by atoms with Crippen LogP contribution < -0.4 is 5.32 Å². The van der Waals surface area contributed by atoms with Gasteiger partial charge in [-0.15, -0.1) is 0 Å². The van der Waals surface area contributed by atoms with E-state index >= 15 is 0 Å². The molecule has 2 unspecified atom stereocenters. The van der Waals surface area contributed by atoms with Crippen molar-refractivity contribution in [1.29, 1.82) is 0 Å². The van der Waals surface area contributed by atoms with Crippen molar-refractivity contribution in [3.05, 3.63) is 0 Å². The van der Waals surface area contributed by atoms with Crippen molar-refractivity contribution < 1.29 is 9.53 Å². The quantitative estimate of drug-likeness (QED) is 0.687. The first-order valence-corrected chi connectivity index (χ1v) is 7.83. The van der Waals surface area contributed by atoms with Gasteiger partial charge in [0.15, 0.2) is 0 Å². The predicted molar refractivity (Wildman–Crippen MR) is 78.2 cm³/mol. The molecular formula is C15H30N2O2. The van der Waals surface area contributed by atoms with Gasteiger partial charge < -0.3 is 15.0 Å². The fourth-order valence-electron chi connectivity index (χ4n) is 2.56. The van der Waals surface area contributed by atoms with E-state index in [4.69, 9.17) is 4.74 Å². The molecule has 1 amide bonds. The highest BCUT2D eigenvalue weighted by Crippen LogP contribution is 2.13. The second-order valence-corrected chi connectivity index (χ2v) is 5.44. The van der Waals surface area contributed by atoms with E-state index in [1.807, 2.05) is 4.90 Å². The third-order valence-corrected chi connectivity index (χ3v) is 3.73. The first kappa shape index (κ1) is 16.4. The number of rotatable bonds is 8. The number of ether oxygens (including phenoxy) is 1. The fourth-order valence-corrected chi connectivity index (χ4v) is 2.56. The highest BCUT2D eigenvalue weighted by Gasteiger charge is 2.28. The topological polar surface area (TPSA) is 41.6 Å². The Morgan fingerprint density at radius 3 is 2.74 bits per heavy atom. The van der Waals surface area contributed by atoms with Gasteiger partial charge in [-0.2, -0.15) is 0 Å². The number of morpholine rings is 1. The summed E-state index contributed by atoms with van der Waals surface area (Å²) in [6.07, 6.45) is 5.37. The molecule has 1 heterocycles. The zero-order valence-corrected chi connectivity index (χ0v) is 12.8. The molecule has 1 aliphatic heterocycles. The van der Waals surface area contributed by atoms with E-state index in [1.54, 1.807) is 0 Å². The molecule has 1 saturated heterocycles. The number of amides is 1. The Hall–Kier alpha value is -0.610. The molecule has 0 spiro atoms. The van der Waals surface area contributed by atoms with E-state index in [1.165, 1.54) is 12.8 Å². The lowest BCUT2D eigenvalue weighted by Crippen LogP contribution is -2.52. The predicted octanol–water partition coefficient (Wildman–Crippen LogP) is 2.18. The van der Waals surface area contributed by atoms with Crippen LogP contribution in [-0.4, -0.2) is 49.2 Å². The van der Waals surface area contributed by atoms with Crippen molar-refractivity contribution in [1.82, 2.24) is 10.2 Å². The minimum absolute atomic E-state index is 0.171. The van der Waals surface area contributed by atoms with Crippen molar-refractivity contribution in [2.75, 3.05) is 26.2 Å². The van der Waals surface area contributed by atoms with Crippen LogP contribution in [0, 0.1) is 0 Å². The lowest BCUT2D eigenvalue weighted by atomic mass is 10.1. The lowest BCUT2D eigenvalue weighted by Gasteiger charge is -2.34. The fraction of sp³-hybridized carbons (Fsp3) is 0.933. The van der Waals surface area contributed by atoms with Crippen LogP contribution in [0.25, 0.3) is 0 Å². The molecule has 0 aromatic carbocycles. The summed E-state index contributed by atoms with van der Waals surface area (Å²) < 4.78 is 5.60. The van der Waals surface area contributed by atoms with Crippen molar-refractivity contribution in [2.45, 2.75) is 65.0 Å². The molecule has 1 rings (SSSR count). The van der Waals surface area contributed by atoms with E-state index in [0.717, 1.165) is 32.4 Å². The Morgan fingerprint density at radius 1 is 1.37 bits per heavy atom. The molecule has 2 atom stereocenters. The monoisotopic (exact) mass is 270 g/mol. The van der Waals surface area contributed by atoms with E-state index in [9.17, 15) is 4.79 Å². The molecule has 1 fully saturated rings. The highest BCUT2D eigenvalue weighted by molar-refractivity contribution is 5.81. The number of hydrogen-bond donors (Lipinski definition) is 1. The molecule has 19 heavy (non-hydrogen) atoms. The van der Waals surface area contributed by atoms with Gasteiger partial charge in [-0.25, -0.2) is 0 Å². The molecular weight excluding hydrogens is 240 g/mol. The lowest BCUT2D eigenvalue weighted by molar-refractivity contribution is -0.147. The summed E-state index contributed by atoms with van der Waals surface area (Å²) in [5.74, 6) is 0.171. The molecule has 0 aliphatic carbocycles. The maximum atomic E-state index is 12.6. The van der Waals surface area contributed by atoms with Gasteiger partial charge in [0.2, 0.25) is 0 Å². The maximum absolute atomic E-state index is 12.6. The van der Waals surface area contributed by atoms with Gasteiger partial charge in [-0.1, -0.05) is 33.1 Å². The third-order valence-electron chi connectivity index (χ3n) is 3.73. The maximum Gasteiger partial charge on any atom is 0.253 e. The molecule has 4 nitrogen and oxygen atoms in total. The van der Waals surface area contributed by atoms with Crippen molar-refractivity contribution in [3.8, 4) is 0 Å². The SMILES string of the molecule is CCCCCN(C(=O)C1CNCCO1)C(C)CCC. The summed E-state index contributed by atoms with van der Waals surface area (Å²) in [6.45, 7) is 9.53. The number of unbranched alkanes of at least 4 members (excludes halogenated alkanes) is 2. The molecule has 4 heteroatoms. The minimum Gasteiger partial charge on any atom is -0.366 e. The highest BCUT2D eigenvalue weighted by atomic mass is 16.5. The Bertz CT molecular complexity index is 253. The standard InChI is InChI=1S/C15H30N2O2/c1-4-6-7-10-17(13(3)8-5-2)15(18)14-12-16-9-11-19-14/h13-14,16H,4-12H2,1-3H3. The number of carbonyl (C=O) groups is 1. The molecule has 1 aliphatic rings. The smallest absolute Gasteiger partial charge is 0.253 e. The number of carbonyl (C=O) groups excluding carboxylic acids is 1.